The Morgan fingerprint density at radius 2 is 1.39 bits per heavy atom. The Bertz CT molecular complexity index is 294. The monoisotopic (exact) mass is 251 g/mol. The van der Waals surface area contributed by atoms with Crippen molar-refractivity contribution in [3.05, 3.63) is 0 Å². The predicted octanol–water partition coefficient (Wildman–Crippen LogP) is 3.13. The zero-order valence-corrected chi connectivity index (χ0v) is 11.5. The van der Waals surface area contributed by atoms with Gasteiger partial charge in [0.15, 0.2) is 0 Å². The average molecular weight is 251 g/mol. The molecule has 0 aromatic rings. The van der Waals surface area contributed by atoms with Crippen LogP contribution in [0.5, 0.6) is 0 Å². The number of nitrogens with zero attached hydrogens (tertiary/aromatic N) is 1. The molecule has 1 saturated carbocycles. The van der Waals surface area contributed by atoms with Crippen molar-refractivity contribution in [1.29, 1.82) is 0 Å². The zero-order valence-electron chi connectivity index (χ0n) is 11.5. The average Bonchev–Trinajstić information content (AvgIpc) is 3.11. The van der Waals surface area contributed by atoms with E-state index in [1.165, 1.54) is 43.4 Å². The molecule has 102 valence electrons. The standard InChI is InChI=1S/C15H25NO2/c1-2-3-4-5-6-7-8-9-10-16-14(17)12-11-13(12)15(16)18/h12-13H,2-11H2,1H3. The second kappa shape index (κ2) is 6.35. The number of rotatable bonds is 9. The fourth-order valence-corrected chi connectivity index (χ4v) is 2.87. The topological polar surface area (TPSA) is 37.4 Å². The molecule has 2 amide bonds. The fourth-order valence-electron chi connectivity index (χ4n) is 2.87. The van der Waals surface area contributed by atoms with Gasteiger partial charge in [-0.3, -0.25) is 14.5 Å². The molecule has 0 aromatic heterocycles. The van der Waals surface area contributed by atoms with Crippen LogP contribution in [0.4, 0.5) is 0 Å². The Kier molecular flexibility index (Phi) is 4.79. The summed E-state index contributed by atoms with van der Waals surface area (Å²) in [7, 11) is 0. The maximum Gasteiger partial charge on any atom is 0.233 e. The Labute approximate surface area is 110 Å². The summed E-state index contributed by atoms with van der Waals surface area (Å²) in [5.41, 5.74) is 0. The molecule has 1 saturated heterocycles. The van der Waals surface area contributed by atoms with Gasteiger partial charge >= 0.3 is 0 Å². The summed E-state index contributed by atoms with van der Waals surface area (Å²) in [6.45, 7) is 2.90. The fraction of sp³-hybridized carbons (Fsp3) is 0.867. The molecule has 2 atom stereocenters. The van der Waals surface area contributed by atoms with Crippen LogP contribution in [0, 0.1) is 11.8 Å². The van der Waals surface area contributed by atoms with Crippen LogP contribution in [0.15, 0.2) is 0 Å². The Hall–Kier alpha value is -0.860. The van der Waals surface area contributed by atoms with E-state index in [4.69, 9.17) is 0 Å². The number of unbranched alkanes of at least 4 members (excludes halogenated alkanes) is 7. The van der Waals surface area contributed by atoms with E-state index in [2.05, 4.69) is 6.92 Å². The molecule has 0 bridgehead atoms. The largest absolute Gasteiger partial charge is 0.282 e. The second-order valence-corrected chi connectivity index (χ2v) is 5.75. The highest BCUT2D eigenvalue weighted by atomic mass is 16.2. The van der Waals surface area contributed by atoms with Crippen LogP contribution in [-0.4, -0.2) is 23.3 Å². The number of hydrogen-bond acceptors (Lipinski definition) is 2. The number of carbonyl (C=O) groups is 2. The highest BCUT2D eigenvalue weighted by Crippen LogP contribution is 2.46. The van der Waals surface area contributed by atoms with Gasteiger partial charge < -0.3 is 0 Å². The lowest BCUT2D eigenvalue weighted by Crippen LogP contribution is -2.33. The minimum Gasteiger partial charge on any atom is -0.282 e. The van der Waals surface area contributed by atoms with Crippen molar-refractivity contribution in [3.8, 4) is 0 Å². The van der Waals surface area contributed by atoms with Gasteiger partial charge in [-0.25, -0.2) is 0 Å². The smallest absolute Gasteiger partial charge is 0.233 e. The summed E-state index contributed by atoms with van der Waals surface area (Å²) < 4.78 is 0. The van der Waals surface area contributed by atoms with Crippen LogP contribution >= 0.6 is 0 Å². The van der Waals surface area contributed by atoms with Crippen LogP contribution in [0.1, 0.15) is 64.7 Å². The molecule has 1 aliphatic carbocycles. The highest BCUT2D eigenvalue weighted by molar-refractivity contribution is 6.08. The van der Waals surface area contributed by atoms with Gasteiger partial charge in [0.05, 0.1) is 11.8 Å². The Balaban J connectivity index is 1.49. The first kappa shape index (κ1) is 13.6. The Morgan fingerprint density at radius 3 is 1.94 bits per heavy atom. The zero-order chi connectivity index (χ0) is 13.0. The maximum atomic E-state index is 11.7. The van der Waals surface area contributed by atoms with Crippen LogP contribution in [0.25, 0.3) is 0 Å². The van der Waals surface area contributed by atoms with E-state index in [-0.39, 0.29) is 23.7 Å². The Morgan fingerprint density at radius 1 is 0.889 bits per heavy atom. The van der Waals surface area contributed by atoms with Crippen molar-refractivity contribution in [2.75, 3.05) is 6.54 Å². The van der Waals surface area contributed by atoms with Crippen LogP contribution < -0.4 is 0 Å². The lowest BCUT2D eigenvalue weighted by molar-refractivity contribution is -0.141. The molecule has 0 spiro atoms. The third kappa shape index (κ3) is 3.12. The van der Waals surface area contributed by atoms with E-state index < -0.39 is 0 Å². The van der Waals surface area contributed by atoms with E-state index >= 15 is 0 Å². The number of hydrogen-bond donors (Lipinski definition) is 0. The number of fused-ring (bicyclic) bond motifs is 1. The molecular formula is C15H25NO2. The van der Waals surface area contributed by atoms with Crippen molar-refractivity contribution >= 4 is 11.8 Å². The second-order valence-electron chi connectivity index (χ2n) is 5.75. The molecule has 18 heavy (non-hydrogen) atoms. The molecule has 2 fully saturated rings. The molecule has 3 heteroatoms. The van der Waals surface area contributed by atoms with Crippen LogP contribution in [0.3, 0.4) is 0 Å². The minimum atomic E-state index is 0.0755. The van der Waals surface area contributed by atoms with Crippen molar-refractivity contribution in [1.82, 2.24) is 4.90 Å². The lowest BCUT2D eigenvalue weighted by atomic mass is 10.1. The van der Waals surface area contributed by atoms with Gasteiger partial charge in [-0.05, 0) is 12.8 Å². The summed E-state index contributed by atoms with van der Waals surface area (Å²) in [5.74, 6) is 0.360. The number of piperidine rings is 1. The first-order chi connectivity index (χ1) is 8.75. The lowest BCUT2D eigenvalue weighted by Gasteiger charge is -2.15. The number of imide groups is 1. The molecule has 2 aliphatic rings. The molecule has 0 radical (unpaired) electrons. The summed E-state index contributed by atoms with van der Waals surface area (Å²) in [6, 6.07) is 0. The molecule has 1 heterocycles. The maximum absolute atomic E-state index is 11.7. The molecule has 2 rings (SSSR count). The SMILES string of the molecule is CCCCCCCCCCN1C(=O)C2CC2C1=O. The minimum absolute atomic E-state index is 0.0755. The quantitative estimate of drug-likeness (QED) is 0.466. The number of carbonyl (C=O) groups excluding carboxylic acids is 2. The van der Waals surface area contributed by atoms with Gasteiger partial charge in [0.2, 0.25) is 11.8 Å². The third-order valence-corrected chi connectivity index (χ3v) is 4.19. The van der Waals surface area contributed by atoms with Gasteiger partial charge in [-0.1, -0.05) is 51.9 Å². The van der Waals surface area contributed by atoms with Gasteiger partial charge in [0, 0.05) is 6.54 Å². The highest BCUT2D eigenvalue weighted by Gasteiger charge is 2.58. The van der Waals surface area contributed by atoms with Crippen LogP contribution in [-0.2, 0) is 9.59 Å². The van der Waals surface area contributed by atoms with Crippen molar-refractivity contribution in [2.24, 2.45) is 11.8 Å². The molecular weight excluding hydrogens is 226 g/mol. The first-order valence-electron chi connectivity index (χ1n) is 7.61. The van der Waals surface area contributed by atoms with E-state index in [1.54, 1.807) is 0 Å². The summed E-state index contributed by atoms with van der Waals surface area (Å²) in [5, 5.41) is 0. The number of amides is 2. The first-order valence-corrected chi connectivity index (χ1v) is 7.61. The normalized spacial score (nSPS) is 25.7. The van der Waals surface area contributed by atoms with Crippen LogP contribution in [0.2, 0.25) is 0 Å². The van der Waals surface area contributed by atoms with Gasteiger partial charge in [-0.2, -0.15) is 0 Å². The third-order valence-electron chi connectivity index (χ3n) is 4.19. The van der Waals surface area contributed by atoms with Gasteiger partial charge in [0.25, 0.3) is 0 Å². The molecule has 2 unspecified atom stereocenters. The van der Waals surface area contributed by atoms with Crippen molar-refractivity contribution < 1.29 is 9.59 Å². The summed E-state index contributed by atoms with van der Waals surface area (Å²) in [6.07, 6.45) is 10.8. The summed E-state index contributed by atoms with van der Waals surface area (Å²) >= 11 is 0. The predicted molar refractivity (Wildman–Crippen MR) is 70.9 cm³/mol. The molecule has 1 aliphatic heterocycles. The molecule has 0 N–H and O–H groups in total. The van der Waals surface area contributed by atoms with E-state index in [1.807, 2.05) is 0 Å². The van der Waals surface area contributed by atoms with Crippen molar-refractivity contribution in [3.63, 3.8) is 0 Å². The van der Waals surface area contributed by atoms with E-state index in [0.717, 1.165) is 19.3 Å². The van der Waals surface area contributed by atoms with Crippen molar-refractivity contribution in [2.45, 2.75) is 64.7 Å². The van der Waals surface area contributed by atoms with E-state index in [9.17, 15) is 9.59 Å². The van der Waals surface area contributed by atoms with E-state index in [0.29, 0.717) is 6.54 Å². The molecule has 0 aromatic carbocycles. The molecule has 3 nitrogen and oxygen atoms in total. The summed E-state index contributed by atoms with van der Waals surface area (Å²) in [4.78, 5) is 24.9. The van der Waals surface area contributed by atoms with Gasteiger partial charge in [0.1, 0.15) is 0 Å². The van der Waals surface area contributed by atoms with Gasteiger partial charge in [-0.15, -0.1) is 0 Å². The number of likely N-dealkylation sites (tertiary alicyclic amines) is 1.